The van der Waals surface area contributed by atoms with Crippen molar-refractivity contribution in [2.24, 2.45) is 4.99 Å². The average molecular weight is 455 g/mol. The molecule has 0 aliphatic carbocycles. The second-order valence-corrected chi connectivity index (χ2v) is 8.72. The van der Waals surface area contributed by atoms with Gasteiger partial charge in [0.05, 0.1) is 16.7 Å². The molecule has 5 rings (SSSR count). The SMILES string of the molecule is C\C=C/C=C\C(C)=N/C(=C\CC)c1ccc(-n2c3ccccc3c3ccc4ccccc4c32)cc1. The largest absolute Gasteiger partial charge is 0.309 e. The fraction of sp³-hybridized carbons (Fsp3) is 0.121. The van der Waals surface area contributed by atoms with Crippen molar-refractivity contribution < 1.29 is 0 Å². The number of hydrogen-bond acceptors (Lipinski definition) is 1. The first kappa shape index (κ1) is 22.6. The van der Waals surface area contributed by atoms with Crippen LogP contribution in [0.15, 0.2) is 120 Å². The van der Waals surface area contributed by atoms with Gasteiger partial charge < -0.3 is 4.57 Å². The van der Waals surface area contributed by atoms with Crippen molar-refractivity contribution in [1.82, 2.24) is 4.57 Å². The number of benzene rings is 4. The third-order valence-electron chi connectivity index (χ3n) is 6.32. The van der Waals surface area contributed by atoms with Crippen molar-refractivity contribution in [2.75, 3.05) is 0 Å². The topological polar surface area (TPSA) is 17.3 Å². The summed E-state index contributed by atoms with van der Waals surface area (Å²) in [5.74, 6) is 0. The summed E-state index contributed by atoms with van der Waals surface area (Å²) >= 11 is 0. The van der Waals surface area contributed by atoms with Crippen molar-refractivity contribution in [3.8, 4) is 5.69 Å². The molecule has 0 amide bonds. The van der Waals surface area contributed by atoms with Crippen LogP contribution < -0.4 is 0 Å². The number of fused-ring (bicyclic) bond motifs is 5. The highest BCUT2D eigenvalue weighted by atomic mass is 15.0. The maximum atomic E-state index is 4.89. The van der Waals surface area contributed by atoms with E-state index in [2.05, 4.69) is 102 Å². The van der Waals surface area contributed by atoms with Gasteiger partial charge in [0.2, 0.25) is 0 Å². The van der Waals surface area contributed by atoms with Crippen molar-refractivity contribution in [1.29, 1.82) is 0 Å². The Morgan fingerprint density at radius 2 is 1.54 bits per heavy atom. The van der Waals surface area contributed by atoms with Crippen LogP contribution in [0.5, 0.6) is 0 Å². The molecule has 0 unspecified atom stereocenters. The molecule has 0 spiro atoms. The molecule has 2 heteroatoms. The third-order valence-corrected chi connectivity index (χ3v) is 6.32. The summed E-state index contributed by atoms with van der Waals surface area (Å²) in [5, 5.41) is 5.08. The van der Waals surface area contributed by atoms with E-state index in [-0.39, 0.29) is 0 Å². The Balaban J connectivity index is 1.65. The fourth-order valence-corrected chi connectivity index (χ4v) is 4.73. The van der Waals surface area contributed by atoms with Crippen molar-refractivity contribution >= 4 is 44.0 Å². The average Bonchev–Trinajstić information content (AvgIpc) is 3.24. The van der Waals surface area contributed by atoms with Crippen LogP contribution in [-0.2, 0) is 0 Å². The lowest BCUT2D eigenvalue weighted by atomic mass is 10.1. The summed E-state index contributed by atoms with van der Waals surface area (Å²) in [7, 11) is 0. The normalized spacial score (nSPS) is 13.2. The Morgan fingerprint density at radius 1 is 0.800 bits per heavy atom. The Morgan fingerprint density at radius 3 is 2.31 bits per heavy atom. The summed E-state index contributed by atoms with van der Waals surface area (Å²) in [6, 6.07) is 30.6. The number of para-hydroxylation sites is 1. The smallest absolute Gasteiger partial charge is 0.0665 e. The van der Waals surface area contributed by atoms with Gasteiger partial charge in [0.25, 0.3) is 0 Å². The van der Waals surface area contributed by atoms with E-state index in [1.165, 1.54) is 32.6 Å². The number of aromatic nitrogens is 1. The van der Waals surface area contributed by atoms with Crippen LogP contribution in [0, 0.1) is 0 Å². The number of rotatable bonds is 6. The molecule has 172 valence electrons. The van der Waals surface area contributed by atoms with E-state index in [9.17, 15) is 0 Å². The molecule has 0 radical (unpaired) electrons. The highest BCUT2D eigenvalue weighted by molar-refractivity contribution is 6.18. The Bertz CT molecular complexity index is 1620. The molecular formula is C33H30N2. The minimum Gasteiger partial charge on any atom is -0.309 e. The van der Waals surface area contributed by atoms with Gasteiger partial charge in [-0.25, -0.2) is 0 Å². The first-order valence-electron chi connectivity index (χ1n) is 12.3. The monoisotopic (exact) mass is 454 g/mol. The zero-order valence-corrected chi connectivity index (χ0v) is 20.6. The first-order chi connectivity index (χ1) is 17.2. The van der Waals surface area contributed by atoms with E-state index in [1.54, 1.807) is 0 Å². The van der Waals surface area contributed by atoms with Gasteiger partial charge in [0.1, 0.15) is 0 Å². The molecule has 0 saturated carbocycles. The standard InChI is InChI=1S/C33H30N2/c1-4-6-7-13-24(3)34-31(12-5-2)26-18-21-27(22-19-26)35-32-17-11-10-16-29(32)30-23-20-25-14-8-9-15-28(25)33(30)35/h4,6-23H,5H2,1-3H3/b6-4-,13-7-,31-12-,34-24-. The molecule has 4 aromatic carbocycles. The first-order valence-corrected chi connectivity index (χ1v) is 12.3. The number of hydrogen-bond donors (Lipinski definition) is 0. The lowest BCUT2D eigenvalue weighted by Gasteiger charge is -2.11. The van der Waals surface area contributed by atoms with E-state index in [4.69, 9.17) is 4.99 Å². The van der Waals surface area contributed by atoms with Gasteiger partial charge in [-0.3, -0.25) is 4.99 Å². The predicted octanol–water partition coefficient (Wildman–Crippen LogP) is 9.28. The zero-order chi connectivity index (χ0) is 24.2. The van der Waals surface area contributed by atoms with Crippen molar-refractivity contribution in [3.63, 3.8) is 0 Å². The second-order valence-electron chi connectivity index (χ2n) is 8.72. The molecule has 0 aliphatic heterocycles. The number of allylic oxidation sites excluding steroid dienone is 5. The minimum absolute atomic E-state index is 0.936. The Kier molecular flexibility index (Phi) is 6.45. The summed E-state index contributed by atoms with van der Waals surface area (Å²) in [5.41, 5.74) is 6.75. The summed E-state index contributed by atoms with van der Waals surface area (Å²) in [6.45, 7) is 6.21. The van der Waals surface area contributed by atoms with Gasteiger partial charge >= 0.3 is 0 Å². The lowest BCUT2D eigenvalue weighted by molar-refractivity contribution is 1.18. The maximum Gasteiger partial charge on any atom is 0.0665 e. The highest BCUT2D eigenvalue weighted by Crippen LogP contribution is 2.36. The van der Waals surface area contributed by atoms with Crippen molar-refractivity contribution in [2.45, 2.75) is 27.2 Å². The molecule has 2 nitrogen and oxygen atoms in total. The number of aliphatic imine (C=N–C) groups is 1. The van der Waals surface area contributed by atoms with Crippen LogP contribution in [0.4, 0.5) is 0 Å². The summed E-state index contributed by atoms with van der Waals surface area (Å²) in [4.78, 5) is 4.89. The predicted molar refractivity (Wildman–Crippen MR) is 154 cm³/mol. The van der Waals surface area contributed by atoms with Crippen LogP contribution in [0.1, 0.15) is 32.8 Å². The summed E-state index contributed by atoms with van der Waals surface area (Å²) < 4.78 is 2.40. The van der Waals surface area contributed by atoms with Crippen molar-refractivity contribution in [3.05, 3.63) is 121 Å². The molecule has 5 aromatic rings. The van der Waals surface area contributed by atoms with Gasteiger partial charge in [-0.05, 0) is 55.5 Å². The van der Waals surface area contributed by atoms with Gasteiger partial charge in [-0.1, -0.05) is 98.0 Å². The molecule has 0 bridgehead atoms. The fourth-order valence-electron chi connectivity index (χ4n) is 4.73. The van der Waals surface area contributed by atoms with Crippen LogP contribution in [0.2, 0.25) is 0 Å². The van der Waals surface area contributed by atoms with Gasteiger partial charge in [0, 0.05) is 27.6 Å². The summed E-state index contributed by atoms with van der Waals surface area (Å²) in [6.07, 6.45) is 11.2. The minimum atomic E-state index is 0.936. The molecule has 0 N–H and O–H groups in total. The Labute approximate surface area is 207 Å². The molecule has 1 heterocycles. The molecule has 0 saturated heterocycles. The van der Waals surface area contributed by atoms with Crippen LogP contribution in [0.3, 0.4) is 0 Å². The number of nitrogens with zero attached hydrogens (tertiary/aromatic N) is 2. The maximum absolute atomic E-state index is 4.89. The molecule has 0 atom stereocenters. The van der Waals surface area contributed by atoms with Crippen LogP contribution in [-0.4, -0.2) is 10.3 Å². The van der Waals surface area contributed by atoms with Crippen LogP contribution >= 0.6 is 0 Å². The molecule has 1 aromatic heterocycles. The highest BCUT2D eigenvalue weighted by Gasteiger charge is 2.14. The quantitative estimate of drug-likeness (QED) is 0.180. The van der Waals surface area contributed by atoms with E-state index in [0.29, 0.717) is 0 Å². The molecule has 0 aliphatic rings. The van der Waals surface area contributed by atoms with E-state index in [0.717, 1.165) is 29.1 Å². The zero-order valence-electron chi connectivity index (χ0n) is 20.6. The second kappa shape index (κ2) is 9.99. The third kappa shape index (κ3) is 4.36. The molecular weight excluding hydrogens is 424 g/mol. The Hall–Kier alpha value is -4.17. The van der Waals surface area contributed by atoms with E-state index in [1.807, 2.05) is 38.2 Å². The van der Waals surface area contributed by atoms with E-state index < -0.39 is 0 Å². The molecule has 0 fully saturated rings. The van der Waals surface area contributed by atoms with Gasteiger partial charge in [0.15, 0.2) is 0 Å². The van der Waals surface area contributed by atoms with E-state index >= 15 is 0 Å². The van der Waals surface area contributed by atoms with Gasteiger partial charge in [-0.15, -0.1) is 0 Å². The van der Waals surface area contributed by atoms with Gasteiger partial charge in [-0.2, -0.15) is 0 Å². The molecule has 35 heavy (non-hydrogen) atoms. The van der Waals surface area contributed by atoms with Crippen LogP contribution in [0.25, 0.3) is 44.0 Å². The lowest BCUT2D eigenvalue weighted by Crippen LogP contribution is -1.95.